The van der Waals surface area contributed by atoms with Gasteiger partial charge in [-0.15, -0.1) is 0 Å². The lowest BCUT2D eigenvalue weighted by atomic mass is 10.0. The largest absolute Gasteiger partial charge is 0.394 e. The molecule has 1 atom stereocenters. The van der Waals surface area contributed by atoms with E-state index in [2.05, 4.69) is 5.32 Å². The minimum absolute atomic E-state index is 0.0358. The summed E-state index contributed by atoms with van der Waals surface area (Å²) in [5, 5.41) is 12.0. The van der Waals surface area contributed by atoms with E-state index in [4.69, 9.17) is 5.11 Å². The minimum atomic E-state index is -0.0843. The smallest absolute Gasteiger partial charge is 0.220 e. The third kappa shape index (κ3) is 4.20. The van der Waals surface area contributed by atoms with Crippen LogP contribution in [0.5, 0.6) is 0 Å². The van der Waals surface area contributed by atoms with Crippen LogP contribution < -0.4 is 5.32 Å². The first kappa shape index (κ1) is 12.5. The van der Waals surface area contributed by atoms with E-state index in [1.807, 2.05) is 13.8 Å². The molecule has 1 unspecified atom stereocenters. The summed E-state index contributed by atoms with van der Waals surface area (Å²) in [7, 11) is 0. The van der Waals surface area contributed by atoms with Crippen LogP contribution >= 0.6 is 0 Å². The maximum atomic E-state index is 11.7. The van der Waals surface area contributed by atoms with E-state index >= 15 is 0 Å². The van der Waals surface area contributed by atoms with E-state index in [0.717, 1.165) is 0 Å². The summed E-state index contributed by atoms with van der Waals surface area (Å²) in [6, 6.07) is -0.0843. The van der Waals surface area contributed by atoms with Gasteiger partial charge in [-0.05, 0) is 24.7 Å². The van der Waals surface area contributed by atoms with Crippen LogP contribution in [0.2, 0.25) is 0 Å². The molecule has 0 spiro atoms. The van der Waals surface area contributed by atoms with Gasteiger partial charge in [0.1, 0.15) is 0 Å². The molecule has 0 aromatic rings. The fraction of sp³-hybridized carbons (Fsp3) is 0.917. The Labute approximate surface area is 92.3 Å². The van der Waals surface area contributed by atoms with Gasteiger partial charge >= 0.3 is 0 Å². The van der Waals surface area contributed by atoms with Gasteiger partial charge in [-0.2, -0.15) is 0 Å². The third-order valence-corrected chi connectivity index (χ3v) is 3.30. The quantitative estimate of drug-likeness (QED) is 0.730. The summed E-state index contributed by atoms with van der Waals surface area (Å²) < 4.78 is 0. The predicted octanol–water partition coefficient (Wildman–Crippen LogP) is 1.70. The predicted molar refractivity (Wildman–Crippen MR) is 60.4 cm³/mol. The zero-order valence-corrected chi connectivity index (χ0v) is 9.83. The van der Waals surface area contributed by atoms with Crippen molar-refractivity contribution in [1.29, 1.82) is 0 Å². The molecule has 1 rings (SSSR count). The molecule has 15 heavy (non-hydrogen) atoms. The van der Waals surface area contributed by atoms with E-state index in [9.17, 15) is 4.79 Å². The molecule has 0 bridgehead atoms. The van der Waals surface area contributed by atoms with Crippen molar-refractivity contribution in [3.05, 3.63) is 0 Å². The van der Waals surface area contributed by atoms with Crippen LogP contribution in [0.15, 0.2) is 0 Å². The molecule has 0 saturated heterocycles. The Balaban J connectivity index is 2.27. The highest BCUT2D eigenvalue weighted by molar-refractivity contribution is 5.76. The molecule has 3 nitrogen and oxygen atoms in total. The maximum absolute atomic E-state index is 11.7. The maximum Gasteiger partial charge on any atom is 0.220 e. The van der Waals surface area contributed by atoms with Crippen molar-refractivity contribution >= 4 is 5.91 Å². The van der Waals surface area contributed by atoms with E-state index in [-0.39, 0.29) is 18.6 Å². The molecule has 0 heterocycles. The Morgan fingerprint density at radius 2 is 2.00 bits per heavy atom. The monoisotopic (exact) mass is 213 g/mol. The Hall–Kier alpha value is -0.570. The molecule has 3 heteroatoms. The summed E-state index contributed by atoms with van der Waals surface area (Å²) in [4.78, 5) is 11.7. The number of aliphatic hydroxyl groups is 1. The van der Waals surface area contributed by atoms with Gasteiger partial charge in [0.2, 0.25) is 5.91 Å². The number of nitrogens with one attached hydrogen (secondary N) is 1. The molecule has 1 aliphatic rings. The van der Waals surface area contributed by atoms with Gasteiger partial charge in [-0.3, -0.25) is 4.79 Å². The fourth-order valence-electron chi connectivity index (χ4n) is 2.17. The Kier molecular flexibility index (Phi) is 5.09. The molecular formula is C12H23NO2. The third-order valence-electron chi connectivity index (χ3n) is 3.30. The van der Waals surface area contributed by atoms with Crippen LogP contribution in [-0.4, -0.2) is 23.7 Å². The molecule has 1 saturated carbocycles. The molecule has 1 amide bonds. The van der Waals surface area contributed by atoms with Crippen molar-refractivity contribution in [2.24, 2.45) is 11.8 Å². The molecule has 0 radical (unpaired) electrons. The van der Waals surface area contributed by atoms with E-state index in [0.29, 0.717) is 18.3 Å². The average molecular weight is 213 g/mol. The second-order valence-corrected chi connectivity index (χ2v) is 4.96. The number of hydrogen-bond donors (Lipinski definition) is 2. The molecule has 2 N–H and O–H groups in total. The highest BCUT2D eigenvalue weighted by Gasteiger charge is 2.21. The van der Waals surface area contributed by atoms with Gasteiger partial charge in [-0.25, -0.2) is 0 Å². The fourth-order valence-corrected chi connectivity index (χ4v) is 2.17. The summed E-state index contributed by atoms with van der Waals surface area (Å²) in [6.07, 6.45) is 5.57. The van der Waals surface area contributed by atoms with Crippen molar-refractivity contribution in [3.8, 4) is 0 Å². The van der Waals surface area contributed by atoms with Crippen LogP contribution in [0.1, 0.15) is 46.0 Å². The van der Waals surface area contributed by atoms with Crippen molar-refractivity contribution < 1.29 is 9.90 Å². The number of carbonyl (C=O) groups excluding carboxylic acids is 1. The standard InChI is InChI=1S/C12H23NO2/c1-9(2)11(8-14)13-12(15)7-10-5-3-4-6-10/h9-11,14H,3-8H2,1-2H3,(H,13,15). The van der Waals surface area contributed by atoms with Gasteiger partial charge in [-0.1, -0.05) is 26.7 Å². The van der Waals surface area contributed by atoms with Crippen molar-refractivity contribution in [1.82, 2.24) is 5.32 Å². The second kappa shape index (κ2) is 6.11. The Morgan fingerprint density at radius 3 is 2.47 bits per heavy atom. The zero-order valence-electron chi connectivity index (χ0n) is 9.83. The second-order valence-electron chi connectivity index (χ2n) is 4.96. The summed E-state index contributed by atoms with van der Waals surface area (Å²) >= 11 is 0. The molecule has 1 aliphatic carbocycles. The molecule has 0 aliphatic heterocycles. The highest BCUT2D eigenvalue weighted by atomic mass is 16.3. The molecular weight excluding hydrogens is 190 g/mol. The van der Waals surface area contributed by atoms with Crippen molar-refractivity contribution in [2.75, 3.05) is 6.61 Å². The molecule has 0 aromatic heterocycles. The molecule has 88 valence electrons. The normalized spacial score (nSPS) is 19.5. The minimum Gasteiger partial charge on any atom is -0.394 e. The van der Waals surface area contributed by atoms with Crippen LogP contribution in [0.25, 0.3) is 0 Å². The van der Waals surface area contributed by atoms with E-state index in [1.54, 1.807) is 0 Å². The van der Waals surface area contributed by atoms with Gasteiger partial charge in [0.15, 0.2) is 0 Å². The Bertz CT molecular complexity index is 198. The SMILES string of the molecule is CC(C)C(CO)NC(=O)CC1CCCC1. The number of aliphatic hydroxyl groups excluding tert-OH is 1. The lowest BCUT2D eigenvalue weighted by Crippen LogP contribution is -2.41. The highest BCUT2D eigenvalue weighted by Crippen LogP contribution is 2.27. The molecule has 0 aromatic carbocycles. The number of rotatable bonds is 5. The van der Waals surface area contributed by atoms with Gasteiger partial charge in [0.05, 0.1) is 12.6 Å². The van der Waals surface area contributed by atoms with Gasteiger partial charge in [0.25, 0.3) is 0 Å². The first-order chi connectivity index (χ1) is 7.13. The number of amides is 1. The van der Waals surface area contributed by atoms with Crippen LogP contribution in [0.3, 0.4) is 0 Å². The lowest BCUT2D eigenvalue weighted by molar-refractivity contribution is -0.123. The van der Waals surface area contributed by atoms with Crippen molar-refractivity contribution in [2.45, 2.75) is 52.0 Å². The number of hydrogen-bond acceptors (Lipinski definition) is 2. The summed E-state index contributed by atoms with van der Waals surface area (Å²) in [5.74, 6) is 0.980. The summed E-state index contributed by atoms with van der Waals surface area (Å²) in [6.45, 7) is 4.06. The van der Waals surface area contributed by atoms with Crippen LogP contribution in [0.4, 0.5) is 0 Å². The zero-order chi connectivity index (χ0) is 11.3. The Morgan fingerprint density at radius 1 is 1.40 bits per heavy atom. The van der Waals surface area contributed by atoms with Gasteiger partial charge < -0.3 is 10.4 Å². The van der Waals surface area contributed by atoms with E-state index in [1.165, 1.54) is 25.7 Å². The van der Waals surface area contributed by atoms with E-state index < -0.39 is 0 Å². The number of carbonyl (C=O) groups is 1. The first-order valence-corrected chi connectivity index (χ1v) is 6.03. The average Bonchev–Trinajstić information content (AvgIpc) is 2.66. The van der Waals surface area contributed by atoms with Crippen LogP contribution in [0, 0.1) is 11.8 Å². The lowest BCUT2D eigenvalue weighted by Gasteiger charge is -2.20. The van der Waals surface area contributed by atoms with Crippen LogP contribution in [-0.2, 0) is 4.79 Å². The first-order valence-electron chi connectivity index (χ1n) is 6.03. The van der Waals surface area contributed by atoms with Crippen molar-refractivity contribution in [3.63, 3.8) is 0 Å². The van der Waals surface area contributed by atoms with Gasteiger partial charge in [0, 0.05) is 6.42 Å². The topological polar surface area (TPSA) is 49.3 Å². The summed E-state index contributed by atoms with van der Waals surface area (Å²) in [5.41, 5.74) is 0. The molecule has 1 fully saturated rings.